The second-order valence-corrected chi connectivity index (χ2v) is 7.25. The van der Waals surface area contributed by atoms with Crippen LogP contribution in [0.15, 0.2) is 24.3 Å². The molecule has 2 aliphatic heterocycles. The van der Waals surface area contributed by atoms with Gasteiger partial charge in [-0.25, -0.2) is 0 Å². The van der Waals surface area contributed by atoms with Gasteiger partial charge in [0.25, 0.3) is 0 Å². The number of piperidine rings is 1. The number of benzene rings is 1. The molecule has 1 aromatic rings. The molecule has 1 fully saturated rings. The summed E-state index contributed by atoms with van der Waals surface area (Å²) in [7, 11) is 0. The van der Waals surface area contributed by atoms with E-state index in [4.69, 9.17) is 0 Å². The number of nitrogens with one attached hydrogen (secondary N) is 2. The van der Waals surface area contributed by atoms with Crippen molar-refractivity contribution in [2.45, 2.75) is 45.1 Å². The lowest BCUT2D eigenvalue weighted by molar-refractivity contribution is -0.130. The van der Waals surface area contributed by atoms with Crippen LogP contribution in [0.25, 0.3) is 0 Å². The first-order chi connectivity index (χ1) is 12.1. The number of carbonyl (C=O) groups is 2. The van der Waals surface area contributed by atoms with Gasteiger partial charge in [-0.2, -0.15) is 0 Å². The molecule has 0 aromatic heterocycles. The van der Waals surface area contributed by atoms with E-state index in [1.54, 1.807) is 6.92 Å². The molecule has 0 bridgehead atoms. The van der Waals surface area contributed by atoms with Gasteiger partial charge in [0.05, 0.1) is 0 Å². The first-order valence-corrected chi connectivity index (χ1v) is 9.47. The molecule has 2 N–H and O–H groups in total. The minimum absolute atomic E-state index is 0.138. The summed E-state index contributed by atoms with van der Waals surface area (Å²) in [5.41, 5.74) is 2.70. The van der Waals surface area contributed by atoms with Gasteiger partial charge in [-0.3, -0.25) is 9.59 Å². The summed E-state index contributed by atoms with van der Waals surface area (Å²) < 4.78 is 0. The van der Waals surface area contributed by atoms with Crippen molar-refractivity contribution in [3.8, 4) is 0 Å². The van der Waals surface area contributed by atoms with E-state index in [0.29, 0.717) is 18.9 Å². The highest BCUT2D eigenvalue weighted by atomic mass is 16.2. The van der Waals surface area contributed by atoms with Crippen molar-refractivity contribution in [2.24, 2.45) is 5.92 Å². The van der Waals surface area contributed by atoms with Gasteiger partial charge in [0, 0.05) is 39.0 Å². The number of nitrogens with zero attached hydrogens (tertiary/aromatic N) is 1. The first-order valence-electron chi connectivity index (χ1n) is 9.47. The second-order valence-electron chi connectivity index (χ2n) is 7.25. The van der Waals surface area contributed by atoms with Crippen molar-refractivity contribution in [3.63, 3.8) is 0 Å². The van der Waals surface area contributed by atoms with E-state index in [1.165, 1.54) is 11.1 Å². The predicted molar refractivity (Wildman–Crippen MR) is 98.1 cm³/mol. The number of hydrogen-bond donors (Lipinski definition) is 2. The maximum absolute atomic E-state index is 12.2. The molecule has 0 radical (unpaired) electrons. The van der Waals surface area contributed by atoms with E-state index in [1.807, 2.05) is 4.90 Å². The molecule has 0 saturated carbocycles. The zero-order chi connectivity index (χ0) is 17.6. The number of carbonyl (C=O) groups excluding carboxylic acids is 2. The van der Waals surface area contributed by atoms with Gasteiger partial charge in [0.15, 0.2) is 0 Å². The number of amides is 2. The molecule has 2 amide bonds. The summed E-state index contributed by atoms with van der Waals surface area (Å²) in [4.78, 5) is 25.5. The third-order valence-electron chi connectivity index (χ3n) is 5.56. The number of likely N-dealkylation sites (tertiary alicyclic amines) is 1. The molecule has 1 atom stereocenters. The van der Waals surface area contributed by atoms with Gasteiger partial charge < -0.3 is 15.5 Å². The highest BCUT2D eigenvalue weighted by Crippen LogP contribution is 2.23. The Morgan fingerprint density at radius 3 is 2.76 bits per heavy atom. The highest BCUT2D eigenvalue weighted by Gasteiger charge is 2.22. The molecule has 5 heteroatoms. The summed E-state index contributed by atoms with van der Waals surface area (Å²) in [5, 5.41) is 6.59. The van der Waals surface area contributed by atoms with E-state index in [-0.39, 0.29) is 17.9 Å². The molecule has 5 nitrogen and oxygen atoms in total. The number of rotatable bonds is 5. The van der Waals surface area contributed by atoms with Crippen LogP contribution >= 0.6 is 0 Å². The lowest BCUT2D eigenvalue weighted by Crippen LogP contribution is -2.39. The second kappa shape index (κ2) is 8.48. The van der Waals surface area contributed by atoms with Crippen LogP contribution in [-0.2, 0) is 16.0 Å². The maximum atomic E-state index is 12.2. The quantitative estimate of drug-likeness (QED) is 0.860. The minimum Gasteiger partial charge on any atom is -0.354 e. The van der Waals surface area contributed by atoms with Crippen LogP contribution in [0.1, 0.15) is 49.8 Å². The van der Waals surface area contributed by atoms with Crippen LogP contribution < -0.4 is 10.6 Å². The topological polar surface area (TPSA) is 61.4 Å². The SMILES string of the molecule is CC(=O)N1CCC(CCC(=O)NCC2NCCc3ccccc32)CC1. The van der Waals surface area contributed by atoms with Crippen molar-refractivity contribution < 1.29 is 9.59 Å². The molecule has 1 unspecified atom stereocenters. The summed E-state index contributed by atoms with van der Waals surface area (Å²) in [6.45, 7) is 4.92. The van der Waals surface area contributed by atoms with Crippen LogP contribution in [0.2, 0.25) is 0 Å². The van der Waals surface area contributed by atoms with E-state index in [9.17, 15) is 9.59 Å². The Balaban J connectivity index is 1.39. The van der Waals surface area contributed by atoms with Crippen LogP contribution in [0, 0.1) is 5.92 Å². The molecule has 3 rings (SSSR count). The number of hydrogen-bond acceptors (Lipinski definition) is 3. The number of fused-ring (bicyclic) bond motifs is 1. The molecule has 1 aromatic carbocycles. The fraction of sp³-hybridized carbons (Fsp3) is 0.600. The summed E-state index contributed by atoms with van der Waals surface area (Å²) >= 11 is 0. The summed E-state index contributed by atoms with van der Waals surface area (Å²) in [5.74, 6) is 0.866. The molecule has 2 heterocycles. The third kappa shape index (κ3) is 4.82. The van der Waals surface area contributed by atoms with Gasteiger partial charge in [-0.15, -0.1) is 0 Å². The Hall–Kier alpha value is -1.88. The minimum atomic E-state index is 0.138. The average molecular weight is 343 g/mol. The summed E-state index contributed by atoms with van der Waals surface area (Å²) in [6.07, 6.45) is 4.60. The Labute approximate surface area is 150 Å². The fourth-order valence-electron chi connectivity index (χ4n) is 3.95. The normalized spacial score (nSPS) is 20.8. The van der Waals surface area contributed by atoms with Gasteiger partial charge in [0.2, 0.25) is 11.8 Å². The lowest BCUT2D eigenvalue weighted by atomic mass is 9.92. The van der Waals surface area contributed by atoms with Crippen molar-refractivity contribution >= 4 is 11.8 Å². The summed E-state index contributed by atoms with van der Waals surface area (Å²) in [6, 6.07) is 8.69. The van der Waals surface area contributed by atoms with E-state index >= 15 is 0 Å². The van der Waals surface area contributed by atoms with Crippen molar-refractivity contribution in [1.29, 1.82) is 0 Å². The Morgan fingerprint density at radius 1 is 1.24 bits per heavy atom. The van der Waals surface area contributed by atoms with E-state index in [2.05, 4.69) is 34.9 Å². The van der Waals surface area contributed by atoms with E-state index < -0.39 is 0 Å². The highest BCUT2D eigenvalue weighted by molar-refractivity contribution is 5.76. The molecule has 136 valence electrons. The van der Waals surface area contributed by atoms with Crippen LogP contribution in [-0.4, -0.2) is 42.9 Å². The molecule has 0 spiro atoms. The monoisotopic (exact) mass is 343 g/mol. The van der Waals surface area contributed by atoms with Crippen LogP contribution in [0.4, 0.5) is 0 Å². The molecular weight excluding hydrogens is 314 g/mol. The third-order valence-corrected chi connectivity index (χ3v) is 5.56. The molecule has 2 aliphatic rings. The standard InChI is InChI=1S/C20H29N3O2/c1-15(24)23-12-9-16(10-13-23)6-7-20(25)22-14-19-18-5-3-2-4-17(18)8-11-21-19/h2-5,16,19,21H,6-14H2,1H3,(H,22,25). The molecule has 0 aliphatic carbocycles. The maximum Gasteiger partial charge on any atom is 0.220 e. The zero-order valence-corrected chi connectivity index (χ0v) is 15.1. The Bertz CT molecular complexity index is 609. The molecule has 1 saturated heterocycles. The average Bonchev–Trinajstić information content (AvgIpc) is 2.65. The van der Waals surface area contributed by atoms with Crippen molar-refractivity contribution in [3.05, 3.63) is 35.4 Å². The van der Waals surface area contributed by atoms with Crippen molar-refractivity contribution in [2.75, 3.05) is 26.2 Å². The Morgan fingerprint density at radius 2 is 2.00 bits per heavy atom. The largest absolute Gasteiger partial charge is 0.354 e. The smallest absolute Gasteiger partial charge is 0.220 e. The van der Waals surface area contributed by atoms with Gasteiger partial charge >= 0.3 is 0 Å². The predicted octanol–water partition coefficient (Wildman–Crippen LogP) is 2.03. The zero-order valence-electron chi connectivity index (χ0n) is 15.1. The molecule has 25 heavy (non-hydrogen) atoms. The van der Waals surface area contributed by atoms with Gasteiger partial charge in [-0.05, 0) is 49.3 Å². The van der Waals surface area contributed by atoms with Gasteiger partial charge in [0.1, 0.15) is 0 Å². The van der Waals surface area contributed by atoms with Crippen molar-refractivity contribution in [1.82, 2.24) is 15.5 Å². The van der Waals surface area contributed by atoms with Gasteiger partial charge in [-0.1, -0.05) is 24.3 Å². The first kappa shape index (κ1) is 17.9. The Kier molecular flexibility index (Phi) is 6.08. The van der Waals surface area contributed by atoms with E-state index in [0.717, 1.165) is 45.3 Å². The fourth-order valence-corrected chi connectivity index (χ4v) is 3.95. The van der Waals surface area contributed by atoms with Crippen LogP contribution in [0.5, 0.6) is 0 Å². The molecular formula is C20H29N3O2. The lowest BCUT2D eigenvalue weighted by Gasteiger charge is -2.31. The van der Waals surface area contributed by atoms with Crippen LogP contribution in [0.3, 0.4) is 0 Å².